The summed E-state index contributed by atoms with van der Waals surface area (Å²) in [6, 6.07) is 7.57. The van der Waals surface area contributed by atoms with Crippen molar-refractivity contribution in [2.45, 2.75) is 52.2 Å². The number of nitrogen functional groups attached to an aromatic ring is 1. The van der Waals surface area contributed by atoms with Crippen LogP contribution in [0.1, 0.15) is 32.3 Å². The van der Waals surface area contributed by atoms with Crippen LogP contribution in [0.3, 0.4) is 0 Å². The molecule has 2 aromatic heterocycles. The topological polar surface area (TPSA) is 117 Å². The van der Waals surface area contributed by atoms with Crippen LogP contribution in [0, 0.1) is 0 Å². The van der Waals surface area contributed by atoms with Crippen LogP contribution in [0.5, 0.6) is 0 Å². The third kappa shape index (κ3) is 4.45. The number of hydrogen-bond donors (Lipinski definition) is 2. The molecule has 9 heteroatoms. The number of piperidine rings is 1. The number of nitrogens with two attached hydrogens (primary N) is 2. The lowest BCUT2D eigenvalue weighted by Crippen LogP contribution is -2.44. The van der Waals surface area contributed by atoms with Gasteiger partial charge in [-0.2, -0.15) is 4.98 Å². The average Bonchev–Trinajstić information content (AvgIpc) is 3.17. The maximum Gasteiger partial charge on any atom is 0.332 e. The van der Waals surface area contributed by atoms with E-state index >= 15 is 0 Å². The van der Waals surface area contributed by atoms with Gasteiger partial charge < -0.3 is 20.9 Å². The predicted octanol–water partition coefficient (Wildman–Crippen LogP) is 1.62. The number of imidazole rings is 1. The molecule has 0 aliphatic carbocycles. The Labute approximate surface area is 192 Å². The summed E-state index contributed by atoms with van der Waals surface area (Å²) in [5.41, 5.74) is 15.1. The van der Waals surface area contributed by atoms with E-state index in [1.807, 2.05) is 42.7 Å². The van der Waals surface area contributed by atoms with Gasteiger partial charge in [0, 0.05) is 45.0 Å². The van der Waals surface area contributed by atoms with Gasteiger partial charge in [0.15, 0.2) is 11.2 Å². The number of para-hydroxylation sites is 1. The van der Waals surface area contributed by atoms with Crippen LogP contribution in [0.15, 0.2) is 45.5 Å². The Morgan fingerprint density at radius 3 is 2.67 bits per heavy atom. The molecule has 1 aliphatic heterocycles. The van der Waals surface area contributed by atoms with Crippen LogP contribution in [-0.2, 0) is 26.6 Å². The van der Waals surface area contributed by atoms with E-state index in [0.29, 0.717) is 42.3 Å². The first-order chi connectivity index (χ1) is 15.8. The number of nitrogens with zero attached hydrogens (tertiary/aromatic N) is 5. The number of allylic oxidation sites excluding steroid dienone is 2. The third-order valence-electron chi connectivity index (χ3n) is 6.29. The maximum absolute atomic E-state index is 13.6. The van der Waals surface area contributed by atoms with Gasteiger partial charge in [0.25, 0.3) is 5.56 Å². The second-order valence-corrected chi connectivity index (χ2v) is 9.07. The van der Waals surface area contributed by atoms with Crippen molar-refractivity contribution in [1.29, 1.82) is 0 Å². The highest BCUT2D eigenvalue weighted by Crippen LogP contribution is 2.23. The van der Waals surface area contributed by atoms with Gasteiger partial charge in [-0.25, -0.2) is 4.79 Å². The predicted molar refractivity (Wildman–Crippen MR) is 133 cm³/mol. The van der Waals surface area contributed by atoms with E-state index in [1.54, 1.807) is 7.05 Å². The summed E-state index contributed by atoms with van der Waals surface area (Å²) >= 11 is 0. The Morgan fingerprint density at radius 1 is 1.21 bits per heavy atom. The number of aryl methyl sites for hydroxylation is 2. The van der Waals surface area contributed by atoms with Gasteiger partial charge in [-0.1, -0.05) is 29.8 Å². The fourth-order valence-corrected chi connectivity index (χ4v) is 4.43. The quantitative estimate of drug-likeness (QED) is 0.434. The van der Waals surface area contributed by atoms with E-state index in [0.717, 1.165) is 30.5 Å². The molecule has 1 fully saturated rings. The first kappa shape index (κ1) is 22.8. The maximum atomic E-state index is 13.6. The Bertz CT molecular complexity index is 1310. The van der Waals surface area contributed by atoms with Crippen LogP contribution in [-0.4, -0.2) is 37.8 Å². The number of fused-ring (bicyclic) bond motifs is 1. The minimum absolute atomic E-state index is 0.0623. The van der Waals surface area contributed by atoms with Gasteiger partial charge in [0.05, 0.1) is 0 Å². The molecule has 0 saturated carbocycles. The van der Waals surface area contributed by atoms with Crippen LogP contribution in [0.4, 0.5) is 11.6 Å². The van der Waals surface area contributed by atoms with Crippen LogP contribution < -0.4 is 27.6 Å². The molecule has 4 rings (SSSR count). The number of hydrogen-bond acceptors (Lipinski definition) is 6. The van der Waals surface area contributed by atoms with Gasteiger partial charge in [0.2, 0.25) is 5.95 Å². The highest BCUT2D eigenvalue weighted by Gasteiger charge is 2.26. The zero-order valence-electron chi connectivity index (χ0n) is 19.6. The summed E-state index contributed by atoms with van der Waals surface area (Å²) in [6.45, 7) is 6.28. The summed E-state index contributed by atoms with van der Waals surface area (Å²) in [4.78, 5) is 33.7. The number of anilines is 2. The normalized spacial score (nSPS) is 16.4. The second kappa shape index (κ2) is 9.27. The Balaban J connectivity index is 1.85. The van der Waals surface area contributed by atoms with Crippen molar-refractivity contribution in [3.8, 4) is 0 Å². The van der Waals surface area contributed by atoms with Gasteiger partial charge in [-0.3, -0.25) is 13.9 Å². The van der Waals surface area contributed by atoms with E-state index in [4.69, 9.17) is 16.5 Å². The molecule has 1 aliphatic rings. The summed E-state index contributed by atoms with van der Waals surface area (Å²) in [6.07, 6.45) is 4.49. The lowest BCUT2D eigenvalue weighted by atomic mass is 10.1. The molecule has 1 unspecified atom stereocenters. The van der Waals surface area contributed by atoms with Crippen LogP contribution in [0.2, 0.25) is 0 Å². The Morgan fingerprint density at radius 2 is 1.97 bits per heavy atom. The molecule has 33 heavy (non-hydrogen) atoms. The summed E-state index contributed by atoms with van der Waals surface area (Å²) in [7, 11) is 1.67. The molecule has 176 valence electrons. The lowest BCUT2D eigenvalue weighted by molar-refractivity contribution is 0.495. The van der Waals surface area contributed by atoms with Gasteiger partial charge in [-0.15, -0.1) is 0 Å². The van der Waals surface area contributed by atoms with Gasteiger partial charge in [-0.05, 0) is 44.7 Å². The fourth-order valence-electron chi connectivity index (χ4n) is 4.43. The number of benzene rings is 1. The minimum atomic E-state index is -0.379. The van der Waals surface area contributed by atoms with Gasteiger partial charge >= 0.3 is 5.69 Å². The standard InChI is InChI=1S/C24H33N7O2/c1-16(2)10-13-30-20-21(27-23(30)29-12-6-8-18(25)15-29)28(3)24(33)31(22(20)32)14-11-17-7-4-5-9-19(17)26/h4-5,7,9-10,18H,6,8,11-15,25-26H2,1-3H3. The molecule has 4 N–H and O–H groups in total. The molecule has 9 nitrogen and oxygen atoms in total. The van der Waals surface area contributed by atoms with Crippen molar-refractivity contribution in [3.05, 3.63) is 62.3 Å². The van der Waals surface area contributed by atoms with Crippen molar-refractivity contribution in [1.82, 2.24) is 18.7 Å². The molecule has 1 atom stereocenters. The van der Waals surface area contributed by atoms with Crippen molar-refractivity contribution in [2.75, 3.05) is 23.7 Å². The molecule has 1 saturated heterocycles. The van der Waals surface area contributed by atoms with Crippen LogP contribution >= 0.6 is 0 Å². The molecule has 0 spiro atoms. The fraction of sp³-hybridized carbons (Fsp3) is 0.458. The highest BCUT2D eigenvalue weighted by atomic mass is 16.2. The first-order valence-electron chi connectivity index (χ1n) is 11.4. The highest BCUT2D eigenvalue weighted by molar-refractivity contribution is 5.74. The SMILES string of the molecule is CC(C)=CCn1c(N2CCCC(N)C2)nc2c1c(=O)n(CCc1ccccc1N)c(=O)n2C. The molecule has 1 aromatic carbocycles. The third-order valence-corrected chi connectivity index (χ3v) is 6.29. The minimum Gasteiger partial charge on any atom is -0.399 e. The monoisotopic (exact) mass is 451 g/mol. The smallest absolute Gasteiger partial charge is 0.332 e. The van der Waals surface area contributed by atoms with Crippen molar-refractivity contribution in [3.63, 3.8) is 0 Å². The largest absolute Gasteiger partial charge is 0.399 e. The van der Waals surface area contributed by atoms with E-state index in [9.17, 15) is 9.59 Å². The lowest BCUT2D eigenvalue weighted by Gasteiger charge is -2.31. The first-order valence-corrected chi connectivity index (χ1v) is 11.4. The summed E-state index contributed by atoms with van der Waals surface area (Å²) in [5.74, 6) is 0.690. The van der Waals surface area contributed by atoms with Gasteiger partial charge in [0.1, 0.15) is 0 Å². The molecular formula is C24H33N7O2. The molecule has 0 radical (unpaired) electrons. The summed E-state index contributed by atoms with van der Waals surface area (Å²) in [5, 5.41) is 0. The van der Waals surface area contributed by atoms with Crippen molar-refractivity contribution in [2.24, 2.45) is 12.8 Å². The second-order valence-electron chi connectivity index (χ2n) is 9.07. The molecule has 3 heterocycles. The number of rotatable bonds is 6. The molecule has 3 aromatic rings. The zero-order chi connectivity index (χ0) is 23.7. The number of aromatic nitrogens is 4. The molecular weight excluding hydrogens is 418 g/mol. The van der Waals surface area contributed by atoms with E-state index in [-0.39, 0.29) is 23.8 Å². The molecule has 0 bridgehead atoms. The summed E-state index contributed by atoms with van der Waals surface area (Å²) < 4.78 is 4.69. The average molecular weight is 452 g/mol. The van der Waals surface area contributed by atoms with E-state index in [2.05, 4.69) is 11.0 Å². The Kier molecular flexibility index (Phi) is 6.42. The van der Waals surface area contributed by atoms with Crippen molar-refractivity contribution >= 4 is 22.8 Å². The van der Waals surface area contributed by atoms with Crippen LogP contribution in [0.25, 0.3) is 11.2 Å². The van der Waals surface area contributed by atoms with E-state index < -0.39 is 0 Å². The molecule has 0 amide bonds. The Hall–Kier alpha value is -3.33. The van der Waals surface area contributed by atoms with E-state index in [1.165, 1.54) is 9.13 Å². The zero-order valence-corrected chi connectivity index (χ0v) is 19.6. The van der Waals surface area contributed by atoms with Crippen molar-refractivity contribution < 1.29 is 0 Å².